The summed E-state index contributed by atoms with van der Waals surface area (Å²) >= 11 is 0. The van der Waals surface area contributed by atoms with Gasteiger partial charge in [0.05, 0.1) is 24.9 Å². The van der Waals surface area contributed by atoms with Crippen molar-refractivity contribution in [3.05, 3.63) is 11.9 Å². The number of ether oxygens (including phenoxy) is 1. The smallest absolute Gasteiger partial charge is 0.0964 e. The third-order valence-corrected chi connectivity index (χ3v) is 2.05. The summed E-state index contributed by atoms with van der Waals surface area (Å²) in [6.45, 7) is 10.5. The molecule has 0 saturated carbocycles. The van der Waals surface area contributed by atoms with Crippen LogP contribution in [0.5, 0.6) is 0 Å². The van der Waals surface area contributed by atoms with Crippen molar-refractivity contribution >= 4 is 0 Å². The van der Waals surface area contributed by atoms with Gasteiger partial charge in [-0.3, -0.25) is 0 Å². The minimum Gasteiger partial charge on any atom is -0.377 e. The van der Waals surface area contributed by atoms with Crippen LogP contribution in [0.25, 0.3) is 0 Å². The lowest BCUT2D eigenvalue weighted by atomic mass is 10.3. The number of rotatable bonds is 7. The van der Waals surface area contributed by atoms with Gasteiger partial charge in [0, 0.05) is 18.8 Å². The first-order valence-electron chi connectivity index (χ1n) is 5.82. The number of aromatic nitrogens is 3. The fourth-order valence-corrected chi connectivity index (χ4v) is 1.22. The number of hydrogen-bond acceptors (Lipinski definition) is 4. The molecule has 1 rings (SSSR count). The van der Waals surface area contributed by atoms with Gasteiger partial charge in [0.2, 0.25) is 0 Å². The lowest BCUT2D eigenvalue weighted by molar-refractivity contribution is 0.0707. The fourth-order valence-electron chi connectivity index (χ4n) is 1.22. The highest BCUT2D eigenvalue weighted by Gasteiger charge is 2.01. The Hall–Kier alpha value is -0.940. The summed E-state index contributed by atoms with van der Waals surface area (Å²) in [5, 5.41) is 11.4. The molecule has 0 saturated heterocycles. The molecular formula is C11H22N4O. The van der Waals surface area contributed by atoms with Crippen molar-refractivity contribution < 1.29 is 4.74 Å². The fraction of sp³-hybridized carbons (Fsp3) is 0.818. The molecule has 0 aliphatic carbocycles. The van der Waals surface area contributed by atoms with Gasteiger partial charge in [0.15, 0.2) is 0 Å². The van der Waals surface area contributed by atoms with Gasteiger partial charge in [-0.25, -0.2) is 4.68 Å². The molecule has 0 amide bonds. The van der Waals surface area contributed by atoms with E-state index < -0.39 is 0 Å². The van der Waals surface area contributed by atoms with Gasteiger partial charge in [-0.05, 0) is 13.8 Å². The van der Waals surface area contributed by atoms with Crippen LogP contribution in [0.4, 0.5) is 0 Å². The molecule has 0 unspecified atom stereocenters. The first kappa shape index (κ1) is 13.1. The molecule has 92 valence electrons. The van der Waals surface area contributed by atoms with E-state index in [-0.39, 0.29) is 6.10 Å². The van der Waals surface area contributed by atoms with Crippen LogP contribution in [0.2, 0.25) is 0 Å². The van der Waals surface area contributed by atoms with E-state index in [0.29, 0.717) is 12.6 Å². The van der Waals surface area contributed by atoms with E-state index in [4.69, 9.17) is 4.74 Å². The summed E-state index contributed by atoms with van der Waals surface area (Å²) in [6.07, 6.45) is 2.23. The molecule has 1 aromatic rings. The van der Waals surface area contributed by atoms with Crippen LogP contribution >= 0.6 is 0 Å². The van der Waals surface area contributed by atoms with E-state index in [2.05, 4.69) is 29.5 Å². The molecule has 0 aliphatic heterocycles. The second-order valence-electron chi connectivity index (χ2n) is 4.43. The van der Waals surface area contributed by atoms with Gasteiger partial charge in [0.25, 0.3) is 0 Å². The van der Waals surface area contributed by atoms with Crippen molar-refractivity contribution in [3.63, 3.8) is 0 Å². The second-order valence-corrected chi connectivity index (χ2v) is 4.43. The molecule has 1 heterocycles. The molecule has 0 fully saturated rings. The molecule has 16 heavy (non-hydrogen) atoms. The Morgan fingerprint density at radius 3 is 2.75 bits per heavy atom. The lowest BCUT2D eigenvalue weighted by Gasteiger charge is -2.06. The SMILES string of the molecule is CC(C)NCc1cn(CCOC(C)C)nn1. The normalized spacial score (nSPS) is 11.6. The number of nitrogens with one attached hydrogen (secondary N) is 1. The Labute approximate surface area is 97.2 Å². The van der Waals surface area contributed by atoms with Crippen LogP contribution < -0.4 is 5.32 Å². The maximum Gasteiger partial charge on any atom is 0.0964 e. The van der Waals surface area contributed by atoms with Crippen molar-refractivity contribution in [3.8, 4) is 0 Å². The maximum absolute atomic E-state index is 5.45. The highest BCUT2D eigenvalue weighted by atomic mass is 16.5. The summed E-state index contributed by atoms with van der Waals surface area (Å²) in [4.78, 5) is 0. The van der Waals surface area contributed by atoms with Gasteiger partial charge >= 0.3 is 0 Å². The topological polar surface area (TPSA) is 52.0 Å². The highest BCUT2D eigenvalue weighted by Crippen LogP contribution is 1.95. The Bertz CT molecular complexity index is 296. The molecule has 5 heteroatoms. The largest absolute Gasteiger partial charge is 0.377 e. The second kappa shape index (κ2) is 6.60. The van der Waals surface area contributed by atoms with Crippen molar-refractivity contribution in [2.75, 3.05) is 6.61 Å². The first-order valence-corrected chi connectivity index (χ1v) is 5.82. The van der Waals surface area contributed by atoms with E-state index in [1.165, 1.54) is 0 Å². The molecule has 0 spiro atoms. The molecule has 1 aromatic heterocycles. The average molecular weight is 226 g/mol. The average Bonchev–Trinajstić information content (AvgIpc) is 2.62. The summed E-state index contributed by atoms with van der Waals surface area (Å²) in [6, 6.07) is 0.467. The molecule has 5 nitrogen and oxygen atoms in total. The van der Waals surface area contributed by atoms with Crippen molar-refractivity contribution in [1.82, 2.24) is 20.3 Å². The molecule has 0 aliphatic rings. The van der Waals surface area contributed by atoms with Gasteiger partial charge in [-0.2, -0.15) is 0 Å². The monoisotopic (exact) mass is 226 g/mol. The van der Waals surface area contributed by atoms with E-state index in [1.54, 1.807) is 0 Å². The zero-order chi connectivity index (χ0) is 12.0. The third-order valence-electron chi connectivity index (χ3n) is 2.05. The minimum absolute atomic E-state index is 0.269. The highest BCUT2D eigenvalue weighted by molar-refractivity contribution is 4.91. The maximum atomic E-state index is 5.45. The minimum atomic E-state index is 0.269. The van der Waals surface area contributed by atoms with Crippen LogP contribution in [0.15, 0.2) is 6.20 Å². The predicted molar refractivity (Wildman–Crippen MR) is 63.1 cm³/mol. The number of hydrogen-bond donors (Lipinski definition) is 1. The molecule has 1 N–H and O–H groups in total. The van der Waals surface area contributed by atoms with Gasteiger partial charge in [-0.15, -0.1) is 5.10 Å². The summed E-state index contributed by atoms with van der Waals surface area (Å²) in [5.41, 5.74) is 0.971. The molecule has 0 bridgehead atoms. The molecule has 0 atom stereocenters. The molecule has 0 radical (unpaired) electrons. The van der Waals surface area contributed by atoms with Gasteiger partial charge in [-0.1, -0.05) is 19.1 Å². The van der Waals surface area contributed by atoms with E-state index in [1.807, 2.05) is 24.7 Å². The van der Waals surface area contributed by atoms with Crippen LogP contribution in [0.3, 0.4) is 0 Å². The Balaban J connectivity index is 2.28. The van der Waals surface area contributed by atoms with Gasteiger partial charge < -0.3 is 10.1 Å². The molecule has 0 aromatic carbocycles. The van der Waals surface area contributed by atoms with E-state index >= 15 is 0 Å². The van der Waals surface area contributed by atoms with Crippen LogP contribution in [-0.4, -0.2) is 33.7 Å². The van der Waals surface area contributed by atoms with Crippen LogP contribution in [-0.2, 0) is 17.8 Å². The number of nitrogens with zero attached hydrogens (tertiary/aromatic N) is 3. The Morgan fingerprint density at radius 1 is 1.38 bits per heavy atom. The van der Waals surface area contributed by atoms with Crippen LogP contribution in [0, 0.1) is 0 Å². The molecular weight excluding hydrogens is 204 g/mol. The lowest BCUT2D eigenvalue weighted by Crippen LogP contribution is -2.21. The summed E-state index contributed by atoms with van der Waals surface area (Å²) < 4.78 is 7.27. The zero-order valence-electron chi connectivity index (χ0n) is 10.6. The summed E-state index contributed by atoms with van der Waals surface area (Å²) in [7, 11) is 0. The van der Waals surface area contributed by atoms with Crippen molar-refractivity contribution in [2.24, 2.45) is 0 Å². The standard InChI is InChI=1S/C11H22N4O/c1-9(2)12-7-11-8-15(14-13-11)5-6-16-10(3)4/h8-10,12H,5-7H2,1-4H3. The summed E-state index contributed by atoms with van der Waals surface area (Å²) in [5.74, 6) is 0. The predicted octanol–water partition coefficient (Wildman–Crippen LogP) is 1.20. The quantitative estimate of drug-likeness (QED) is 0.759. The van der Waals surface area contributed by atoms with Crippen molar-refractivity contribution in [1.29, 1.82) is 0 Å². The zero-order valence-corrected chi connectivity index (χ0v) is 10.6. The van der Waals surface area contributed by atoms with Gasteiger partial charge in [0.1, 0.15) is 0 Å². The Kier molecular flexibility index (Phi) is 5.42. The third kappa shape index (κ3) is 5.23. The van der Waals surface area contributed by atoms with Crippen molar-refractivity contribution in [2.45, 2.75) is 52.9 Å². The first-order chi connectivity index (χ1) is 7.58. The Morgan fingerprint density at radius 2 is 2.12 bits per heavy atom. The van der Waals surface area contributed by atoms with Crippen LogP contribution in [0.1, 0.15) is 33.4 Å². The van der Waals surface area contributed by atoms with E-state index in [0.717, 1.165) is 18.8 Å². The van der Waals surface area contributed by atoms with E-state index in [9.17, 15) is 0 Å².